The summed E-state index contributed by atoms with van der Waals surface area (Å²) in [7, 11) is 0. The Morgan fingerprint density at radius 2 is 1.90 bits per heavy atom. The summed E-state index contributed by atoms with van der Waals surface area (Å²) in [6.45, 7) is 4.64. The number of aliphatic hydroxyl groups excluding tert-OH is 1. The van der Waals surface area contributed by atoms with Gasteiger partial charge in [-0.05, 0) is 73.5 Å². The van der Waals surface area contributed by atoms with Crippen molar-refractivity contribution < 1.29 is 24.2 Å². The van der Waals surface area contributed by atoms with E-state index >= 15 is 0 Å². The Kier molecular flexibility index (Phi) is 6.39. The molecule has 4 aliphatic carbocycles. The smallest absolute Gasteiger partial charge is 0.315 e. The van der Waals surface area contributed by atoms with Gasteiger partial charge in [-0.1, -0.05) is 36.4 Å². The average Bonchev–Trinajstić information content (AvgIpc) is 3.04. The molecule has 4 aliphatic rings. The van der Waals surface area contributed by atoms with Crippen LogP contribution >= 0.6 is 22.6 Å². The van der Waals surface area contributed by atoms with E-state index in [-0.39, 0.29) is 53.6 Å². The molecule has 0 radical (unpaired) electrons. The molecule has 1 N–H and O–H groups in total. The maximum atomic E-state index is 13.6. The van der Waals surface area contributed by atoms with Crippen LogP contribution < -0.4 is 0 Å². The van der Waals surface area contributed by atoms with E-state index in [9.17, 15) is 19.5 Å². The van der Waals surface area contributed by atoms with Gasteiger partial charge in [-0.3, -0.25) is 14.4 Å². The second kappa shape index (κ2) is 8.45. The third-order valence-electron chi connectivity index (χ3n) is 9.43. The predicted octanol–water partition coefficient (Wildman–Crippen LogP) is 4.12. The van der Waals surface area contributed by atoms with Crippen molar-refractivity contribution in [2.24, 2.45) is 40.4 Å². The van der Waals surface area contributed by atoms with Crippen LogP contribution in [0.2, 0.25) is 0 Å². The van der Waals surface area contributed by atoms with E-state index in [0.717, 1.165) is 44.9 Å². The Labute approximate surface area is 193 Å². The SMILES string of the molecule is C[C@]12CC[C@@H](O)C[C@@H]1CC[C@H]1[C@@H]3CC[C@H](C(=O)CCOC(=O)CI)[C@@]3(C)CC(=O)[C@@H]12. The second-order valence-corrected chi connectivity index (χ2v) is 11.6. The summed E-state index contributed by atoms with van der Waals surface area (Å²) in [4.78, 5) is 38.0. The lowest BCUT2D eigenvalue weighted by Gasteiger charge is -2.59. The molecule has 0 aliphatic heterocycles. The van der Waals surface area contributed by atoms with Crippen LogP contribution in [0, 0.1) is 40.4 Å². The maximum Gasteiger partial charge on any atom is 0.315 e. The quantitative estimate of drug-likeness (QED) is 0.329. The summed E-state index contributed by atoms with van der Waals surface area (Å²) in [5.41, 5.74) is -0.240. The molecule has 30 heavy (non-hydrogen) atoms. The summed E-state index contributed by atoms with van der Waals surface area (Å²) in [5, 5.41) is 10.2. The molecule has 5 nitrogen and oxygen atoms in total. The van der Waals surface area contributed by atoms with E-state index in [1.54, 1.807) is 0 Å². The van der Waals surface area contributed by atoms with Crippen LogP contribution in [-0.2, 0) is 19.1 Å². The van der Waals surface area contributed by atoms with Gasteiger partial charge in [0.05, 0.1) is 17.1 Å². The molecule has 0 aromatic heterocycles. The first-order valence-corrected chi connectivity index (χ1v) is 13.2. The Hall–Kier alpha value is -0.500. The van der Waals surface area contributed by atoms with Crippen molar-refractivity contribution >= 4 is 40.1 Å². The van der Waals surface area contributed by atoms with Gasteiger partial charge in [-0.25, -0.2) is 0 Å². The fourth-order valence-corrected chi connectivity index (χ4v) is 8.28. The van der Waals surface area contributed by atoms with Gasteiger partial charge >= 0.3 is 5.97 Å². The molecular formula is C24H35IO5. The fraction of sp³-hybridized carbons (Fsp3) is 0.875. The van der Waals surface area contributed by atoms with E-state index in [4.69, 9.17) is 4.74 Å². The zero-order chi connectivity index (χ0) is 21.7. The molecule has 0 heterocycles. The molecule has 4 saturated carbocycles. The van der Waals surface area contributed by atoms with Gasteiger partial charge in [0.2, 0.25) is 0 Å². The molecule has 8 atom stereocenters. The summed E-state index contributed by atoms with van der Waals surface area (Å²) < 4.78 is 5.42. The van der Waals surface area contributed by atoms with Crippen molar-refractivity contribution in [1.29, 1.82) is 0 Å². The van der Waals surface area contributed by atoms with Crippen molar-refractivity contribution in [2.75, 3.05) is 11.0 Å². The largest absolute Gasteiger partial charge is 0.465 e. The van der Waals surface area contributed by atoms with E-state index < -0.39 is 0 Å². The van der Waals surface area contributed by atoms with Crippen LogP contribution in [0.5, 0.6) is 0 Å². The highest BCUT2D eigenvalue weighted by Gasteiger charge is 2.63. The minimum atomic E-state index is -0.280. The van der Waals surface area contributed by atoms with Crippen LogP contribution in [0.3, 0.4) is 0 Å². The lowest BCUT2D eigenvalue weighted by Crippen LogP contribution is -2.58. The number of rotatable bonds is 5. The first-order valence-electron chi connectivity index (χ1n) is 11.7. The average molecular weight is 530 g/mol. The normalized spacial score (nSPS) is 45.3. The van der Waals surface area contributed by atoms with Gasteiger partial charge in [0.25, 0.3) is 0 Å². The number of fused-ring (bicyclic) bond motifs is 5. The van der Waals surface area contributed by atoms with Crippen LogP contribution in [0.1, 0.15) is 71.6 Å². The van der Waals surface area contributed by atoms with E-state index in [1.807, 2.05) is 22.6 Å². The monoisotopic (exact) mass is 530 g/mol. The highest BCUT2D eigenvalue weighted by atomic mass is 127. The Bertz CT molecular complexity index is 722. The van der Waals surface area contributed by atoms with Gasteiger partial charge < -0.3 is 9.84 Å². The number of aliphatic hydroxyl groups is 1. The molecule has 168 valence electrons. The number of carbonyl (C=O) groups is 3. The third kappa shape index (κ3) is 3.67. The van der Waals surface area contributed by atoms with Crippen LogP contribution in [0.4, 0.5) is 0 Å². The molecule has 0 aromatic carbocycles. The van der Waals surface area contributed by atoms with Gasteiger partial charge in [0.15, 0.2) is 0 Å². The molecular weight excluding hydrogens is 495 g/mol. The van der Waals surface area contributed by atoms with E-state index in [2.05, 4.69) is 13.8 Å². The number of ether oxygens (including phenoxy) is 1. The van der Waals surface area contributed by atoms with Crippen molar-refractivity contribution in [3.05, 3.63) is 0 Å². The van der Waals surface area contributed by atoms with Crippen LogP contribution in [-0.4, -0.2) is 39.8 Å². The number of hydrogen-bond acceptors (Lipinski definition) is 5. The standard InChI is InChI=1S/C24H35IO5/c1-23-9-7-15(26)11-14(23)3-4-16-17-5-6-18(19(27)8-10-30-21(29)13-25)24(17,2)12-20(28)22(16)23/h14-18,22,26H,3-13H2,1-2H3/t14-,15+,16-,17-,18+,22+,23-,24-/m0/s1. The van der Waals surface area contributed by atoms with E-state index in [0.29, 0.717) is 34.4 Å². The third-order valence-corrected chi connectivity index (χ3v) is 10.1. The number of Topliss-reactive ketones (excluding diaryl/α,β-unsaturated/α-hetero) is 2. The molecule has 6 heteroatoms. The summed E-state index contributed by atoms with van der Waals surface area (Å²) in [6.07, 6.45) is 7.18. The van der Waals surface area contributed by atoms with Crippen molar-refractivity contribution in [3.8, 4) is 0 Å². The molecule has 0 amide bonds. The molecule has 0 aromatic rings. The van der Waals surface area contributed by atoms with Gasteiger partial charge in [-0.2, -0.15) is 0 Å². The number of alkyl halides is 1. The maximum absolute atomic E-state index is 13.6. The minimum absolute atomic E-state index is 0.0102. The van der Waals surface area contributed by atoms with Crippen molar-refractivity contribution in [1.82, 2.24) is 0 Å². The van der Waals surface area contributed by atoms with Crippen molar-refractivity contribution in [2.45, 2.75) is 77.7 Å². The molecule has 0 unspecified atom stereocenters. The second-order valence-electron chi connectivity index (χ2n) is 10.8. The van der Waals surface area contributed by atoms with Crippen LogP contribution in [0.15, 0.2) is 0 Å². The first-order chi connectivity index (χ1) is 14.2. The molecule has 0 spiro atoms. The summed E-state index contributed by atoms with van der Waals surface area (Å²) in [6, 6.07) is 0. The lowest BCUT2D eigenvalue weighted by atomic mass is 9.44. The topological polar surface area (TPSA) is 80.7 Å². The highest BCUT2D eigenvalue weighted by Crippen LogP contribution is 2.66. The number of hydrogen-bond donors (Lipinski definition) is 1. The Morgan fingerprint density at radius 3 is 2.63 bits per heavy atom. The molecule has 4 rings (SSSR count). The molecule has 0 bridgehead atoms. The number of esters is 1. The molecule has 4 fully saturated rings. The van der Waals surface area contributed by atoms with Gasteiger partial charge in [0.1, 0.15) is 11.6 Å². The minimum Gasteiger partial charge on any atom is -0.465 e. The van der Waals surface area contributed by atoms with Crippen molar-refractivity contribution in [3.63, 3.8) is 0 Å². The Morgan fingerprint density at radius 1 is 1.13 bits per heavy atom. The van der Waals surface area contributed by atoms with Crippen LogP contribution in [0.25, 0.3) is 0 Å². The molecule has 0 saturated heterocycles. The number of ketones is 2. The predicted molar refractivity (Wildman–Crippen MR) is 121 cm³/mol. The fourth-order valence-electron chi connectivity index (χ4n) is 8.06. The zero-order valence-electron chi connectivity index (χ0n) is 18.2. The summed E-state index contributed by atoms with van der Waals surface area (Å²) in [5.74, 6) is 1.49. The Balaban J connectivity index is 1.50. The lowest BCUT2D eigenvalue weighted by molar-refractivity contribution is -0.162. The number of carbonyl (C=O) groups excluding carboxylic acids is 3. The van der Waals surface area contributed by atoms with Gasteiger partial charge in [-0.15, -0.1) is 0 Å². The summed E-state index contributed by atoms with van der Waals surface area (Å²) >= 11 is 1.96. The number of halogens is 1. The van der Waals surface area contributed by atoms with E-state index in [1.165, 1.54) is 0 Å². The van der Waals surface area contributed by atoms with Gasteiger partial charge in [0, 0.05) is 24.7 Å². The highest BCUT2D eigenvalue weighted by molar-refractivity contribution is 14.1. The zero-order valence-corrected chi connectivity index (χ0v) is 20.4. The first kappa shape index (κ1) is 22.7.